The third kappa shape index (κ3) is 4.93. The summed E-state index contributed by atoms with van der Waals surface area (Å²) in [6.07, 6.45) is 0. The van der Waals surface area contributed by atoms with Crippen LogP contribution in [-0.2, 0) is 4.79 Å². The SMILES string of the molecule is C=C(NNC(=O)CNc1ccc(C)cc1)c1cccc(Br)c1. The van der Waals surface area contributed by atoms with Gasteiger partial charge in [-0.15, -0.1) is 0 Å². The van der Waals surface area contributed by atoms with Crippen molar-refractivity contribution < 1.29 is 4.79 Å². The summed E-state index contributed by atoms with van der Waals surface area (Å²) in [7, 11) is 0. The number of anilines is 1. The van der Waals surface area contributed by atoms with Gasteiger partial charge in [-0.3, -0.25) is 15.6 Å². The molecule has 0 aliphatic rings. The molecule has 0 heterocycles. The van der Waals surface area contributed by atoms with Gasteiger partial charge in [0, 0.05) is 10.2 Å². The van der Waals surface area contributed by atoms with Crippen molar-refractivity contribution in [1.82, 2.24) is 10.9 Å². The first kappa shape index (κ1) is 16.1. The van der Waals surface area contributed by atoms with Crippen LogP contribution in [-0.4, -0.2) is 12.5 Å². The molecule has 0 radical (unpaired) electrons. The van der Waals surface area contributed by atoms with Crippen LogP contribution in [0, 0.1) is 6.92 Å². The summed E-state index contributed by atoms with van der Waals surface area (Å²) in [6, 6.07) is 15.5. The third-order valence-electron chi connectivity index (χ3n) is 3.03. The van der Waals surface area contributed by atoms with E-state index >= 15 is 0 Å². The molecular weight excluding hydrogens is 342 g/mol. The van der Waals surface area contributed by atoms with Gasteiger partial charge in [-0.05, 0) is 36.8 Å². The van der Waals surface area contributed by atoms with Crippen LogP contribution < -0.4 is 16.2 Å². The van der Waals surface area contributed by atoms with Gasteiger partial charge in [0.15, 0.2) is 0 Å². The summed E-state index contributed by atoms with van der Waals surface area (Å²) in [4.78, 5) is 11.8. The number of carbonyl (C=O) groups is 1. The predicted octanol–water partition coefficient (Wildman–Crippen LogP) is 3.46. The molecule has 1 amide bonds. The zero-order valence-electron chi connectivity index (χ0n) is 12.3. The summed E-state index contributed by atoms with van der Waals surface area (Å²) in [5.74, 6) is -0.170. The number of hydrogen-bond donors (Lipinski definition) is 3. The normalized spacial score (nSPS) is 9.91. The van der Waals surface area contributed by atoms with E-state index in [1.54, 1.807) is 0 Å². The van der Waals surface area contributed by atoms with Crippen molar-refractivity contribution in [2.75, 3.05) is 11.9 Å². The molecule has 0 fully saturated rings. The number of amides is 1. The largest absolute Gasteiger partial charge is 0.376 e. The van der Waals surface area contributed by atoms with Gasteiger partial charge in [-0.1, -0.05) is 52.3 Å². The molecule has 22 heavy (non-hydrogen) atoms. The Bertz CT molecular complexity index is 668. The molecule has 2 aromatic rings. The Morgan fingerprint density at radius 3 is 2.55 bits per heavy atom. The van der Waals surface area contributed by atoms with E-state index in [9.17, 15) is 4.79 Å². The van der Waals surface area contributed by atoms with Crippen LogP contribution in [0.25, 0.3) is 5.70 Å². The fourth-order valence-corrected chi connectivity index (χ4v) is 2.19. The summed E-state index contributed by atoms with van der Waals surface area (Å²) < 4.78 is 0.959. The molecule has 114 valence electrons. The highest BCUT2D eigenvalue weighted by atomic mass is 79.9. The average Bonchev–Trinajstić information content (AvgIpc) is 2.52. The van der Waals surface area contributed by atoms with Crippen LogP contribution in [0.5, 0.6) is 0 Å². The zero-order chi connectivity index (χ0) is 15.9. The van der Waals surface area contributed by atoms with E-state index in [0.29, 0.717) is 5.70 Å². The summed E-state index contributed by atoms with van der Waals surface area (Å²) >= 11 is 3.40. The zero-order valence-corrected chi connectivity index (χ0v) is 13.9. The maximum absolute atomic E-state index is 11.8. The number of halogens is 1. The first-order valence-electron chi connectivity index (χ1n) is 6.85. The number of aryl methyl sites for hydroxylation is 1. The van der Waals surface area contributed by atoms with Gasteiger partial charge in [0.25, 0.3) is 5.91 Å². The third-order valence-corrected chi connectivity index (χ3v) is 3.52. The fourth-order valence-electron chi connectivity index (χ4n) is 1.79. The van der Waals surface area contributed by atoms with E-state index < -0.39 is 0 Å². The van der Waals surface area contributed by atoms with Crippen molar-refractivity contribution >= 4 is 33.2 Å². The lowest BCUT2D eigenvalue weighted by atomic mass is 10.2. The van der Waals surface area contributed by atoms with Crippen LogP contribution in [0.1, 0.15) is 11.1 Å². The Morgan fingerprint density at radius 2 is 1.86 bits per heavy atom. The van der Waals surface area contributed by atoms with Crippen LogP contribution in [0.2, 0.25) is 0 Å². The monoisotopic (exact) mass is 359 g/mol. The molecule has 0 saturated heterocycles. The van der Waals surface area contributed by atoms with Gasteiger partial charge in [0.2, 0.25) is 0 Å². The molecule has 0 aromatic heterocycles. The van der Waals surface area contributed by atoms with Crippen molar-refractivity contribution in [3.63, 3.8) is 0 Å². The van der Waals surface area contributed by atoms with Crippen LogP contribution in [0.3, 0.4) is 0 Å². The second-order valence-electron chi connectivity index (χ2n) is 4.88. The first-order valence-corrected chi connectivity index (χ1v) is 7.64. The molecule has 0 saturated carbocycles. The number of hydrazine groups is 1. The van der Waals surface area contributed by atoms with E-state index in [1.807, 2.05) is 55.5 Å². The lowest BCUT2D eigenvalue weighted by Crippen LogP contribution is -2.39. The predicted molar refractivity (Wildman–Crippen MR) is 94.1 cm³/mol. The summed E-state index contributed by atoms with van der Waals surface area (Å²) in [6.45, 7) is 6.10. The first-order chi connectivity index (χ1) is 10.5. The van der Waals surface area contributed by atoms with Gasteiger partial charge < -0.3 is 5.32 Å². The molecule has 5 heteroatoms. The van der Waals surface area contributed by atoms with E-state index in [4.69, 9.17) is 0 Å². The Hall–Kier alpha value is -2.27. The minimum atomic E-state index is -0.170. The number of carbonyl (C=O) groups excluding carboxylic acids is 1. The second kappa shape index (κ2) is 7.66. The van der Waals surface area contributed by atoms with Crippen LogP contribution in [0.15, 0.2) is 59.6 Å². The number of nitrogens with one attached hydrogen (secondary N) is 3. The molecule has 0 aliphatic carbocycles. The van der Waals surface area contributed by atoms with Crippen LogP contribution >= 0.6 is 15.9 Å². The Morgan fingerprint density at radius 1 is 1.14 bits per heavy atom. The average molecular weight is 360 g/mol. The molecule has 2 aromatic carbocycles. The lowest BCUT2D eigenvalue weighted by Gasteiger charge is -2.12. The molecule has 0 unspecified atom stereocenters. The van der Waals surface area contributed by atoms with Crippen molar-refractivity contribution in [2.45, 2.75) is 6.92 Å². The van der Waals surface area contributed by atoms with E-state index in [-0.39, 0.29) is 12.5 Å². The fraction of sp³-hybridized carbons (Fsp3) is 0.118. The van der Waals surface area contributed by atoms with Crippen molar-refractivity contribution in [2.24, 2.45) is 0 Å². The van der Waals surface area contributed by atoms with Gasteiger partial charge in [-0.25, -0.2) is 0 Å². The molecule has 4 nitrogen and oxygen atoms in total. The summed E-state index contributed by atoms with van der Waals surface area (Å²) in [5.41, 5.74) is 9.06. The molecule has 3 N–H and O–H groups in total. The number of benzene rings is 2. The molecule has 0 spiro atoms. The highest BCUT2D eigenvalue weighted by Gasteiger charge is 2.03. The molecule has 0 bridgehead atoms. The molecule has 0 atom stereocenters. The molecule has 2 rings (SSSR count). The van der Waals surface area contributed by atoms with Gasteiger partial charge in [0.05, 0.1) is 12.2 Å². The van der Waals surface area contributed by atoms with Crippen LogP contribution in [0.4, 0.5) is 5.69 Å². The maximum atomic E-state index is 11.8. The minimum Gasteiger partial charge on any atom is -0.376 e. The van der Waals surface area contributed by atoms with Gasteiger partial charge in [-0.2, -0.15) is 0 Å². The van der Waals surface area contributed by atoms with Gasteiger partial charge in [0.1, 0.15) is 0 Å². The maximum Gasteiger partial charge on any atom is 0.257 e. The highest BCUT2D eigenvalue weighted by Crippen LogP contribution is 2.15. The minimum absolute atomic E-state index is 0.170. The summed E-state index contributed by atoms with van der Waals surface area (Å²) in [5, 5.41) is 3.06. The van der Waals surface area contributed by atoms with E-state index in [2.05, 4.69) is 38.7 Å². The Labute approximate surface area is 138 Å². The van der Waals surface area contributed by atoms with E-state index in [1.165, 1.54) is 5.56 Å². The number of hydrogen-bond acceptors (Lipinski definition) is 3. The number of rotatable bonds is 6. The Balaban J connectivity index is 1.78. The highest BCUT2D eigenvalue weighted by molar-refractivity contribution is 9.10. The topological polar surface area (TPSA) is 53.2 Å². The standard InChI is InChI=1S/C17H18BrN3O/c1-12-6-8-16(9-7-12)19-11-17(22)21-20-13(2)14-4-3-5-15(18)10-14/h3-10,19-20H,2,11H2,1H3,(H,21,22). The quantitative estimate of drug-likeness (QED) is 0.692. The smallest absolute Gasteiger partial charge is 0.257 e. The van der Waals surface area contributed by atoms with E-state index in [0.717, 1.165) is 15.7 Å². The van der Waals surface area contributed by atoms with Crippen molar-refractivity contribution in [3.05, 3.63) is 70.7 Å². The lowest BCUT2D eigenvalue weighted by molar-refractivity contribution is -0.120. The van der Waals surface area contributed by atoms with Crippen molar-refractivity contribution in [1.29, 1.82) is 0 Å². The van der Waals surface area contributed by atoms with Gasteiger partial charge >= 0.3 is 0 Å². The van der Waals surface area contributed by atoms with Crippen molar-refractivity contribution in [3.8, 4) is 0 Å². The Kier molecular flexibility index (Phi) is 5.61. The molecule has 0 aliphatic heterocycles. The molecular formula is C17H18BrN3O. The second-order valence-corrected chi connectivity index (χ2v) is 5.80.